The van der Waals surface area contributed by atoms with Crippen LogP contribution >= 0.6 is 23.5 Å². The van der Waals surface area contributed by atoms with Crippen LogP contribution in [0.5, 0.6) is 11.5 Å². The minimum Gasteiger partial charge on any atom is -0.491 e. The van der Waals surface area contributed by atoms with Gasteiger partial charge in [0, 0.05) is 30.7 Å². The Labute approximate surface area is 354 Å². The molecule has 4 aliphatic rings. The Kier molecular flexibility index (Phi) is 16.1. The highest BCUT2D eigenvalue weighted by atomic mass is 32.2. The number of hydrogen-bond acceptors (Lipinski definition) is 13. The second-order valence-corrected chi connectivity index (χ2v) is 16.2. The van der Waals surface area contributed by atoms with Crippen molar-refractivity contribution in [1.82, 2.24) is 0 Å². The molecule has 4 aliphatic heterocycles. The Balaban J connectivity index is 1.22. The lowest BCUT2D eigenvalue weighted by Crippen LogP contribution is -2.14. The van der Waals surface area contributed by atoms with Gasteiger partial charge in [-0.15, -0.1) is 0 Å². The first kappa shape index (κ1) is 42.3. The van der Waals surface area contributed by atoms with Crippen LogP contribution in [0.3, 0.4) is 0 Å². The molecule has 0 aromatic heterocycles. The molecule has 314 valence electrons. The summed E-state index contributed by atoms with van der Waals surface area (Å²) in [7, 11) is 0. The van der Waals surface area contributed by atoms with Gasteiger partial charge in [-0.1, -0.05) is 35.7 Å². The van der Waals surface area contributed by atoms with Crippen LogP contribution < -0.4 is 9.47 Å². The van der Waals surface area contributed by atoms with E-state index in [1.54, 1.807) is 23.5 Å². The molecular formula is C46H52O11S2. The van der Waals surface area contributed by atoms with Crippen LogP contribution in [-0.2, 0) is 55.8 Å². The maximum Gasteiger partial charge on any atom is 0.120 e. The molecule has 0 spiro atoms. The van der Waals surface area contributed by atoms with Crippen molar-refractivity contribution in [2.45, 2.75) is 32.8 Å². The van der Waals surface area contributed by atoms with Crippen LogP contribution in [-0.4, -0.2) is 119 Å². The van der Waals surface area contributed by atoms with Gasteiger partial charge in [0.25, 0.3) is 0 Å². The van der Waals surface area contributed by atoms with E-state index in [1.807, 2.05) is 0 Å². The average Bonchev–Trinajstić information content (AvgIpc) is 3.25. The first-order valence-corrected chi connectivity index (χ1v) is 22.0. The molecule has 13 heteroatoms. The third-order valence-corrected chi connectivity index (χ3v) is 12.2. The lowest BCUT2D eigenvalue weighted by molar-refractivity contribution is -0.0185. The molecule has 0 unspecified atom stereocenters. The van der Waals surface area contributed by atoms with E-state index in [-0.39, 0.29) is 0 Å². The van der Waals surface area contributed by atoms with E-state index < -0.39 is 0 Å². The molecule has 0 fully saturated rings. The van der Waals surface area contributed by atoms with Crippen molar-refractivity contribution in [2.75, 3.05) is 119 Å². The van der Waals surface area contributed by atoms with Crippen molar-refractivity contribution in [3.8, 4) is 11.5 Å². The van der Waals surface area contributed by atoms with Gasteiger partial charge in [-0.25, -0.2) is 0 Å². The third-order valence-electron chi connectivity index (χ3n) is 9.89. The SMILES string of the molecule is c1cc2c3cc1COCCOCCOCCOCCOCCOCc1ccc4c(c1)/C1=C\3c3cc(ccc3S2)OCCOCCOCCOCCOc2ccc(c1c2)S4. The molecule has 8 rings (SSSR count). The minimum atomic E-state index is 0.418. The summed E-state index contributed by atoms with van der Waals surface area (Å²) in [6, 6.07) is 26.1. The van der Waals surface area contributed by atoms with Crippen LogP contribution in [0.2, 0.25) is 0 Å². The molecule has 0 saturated heterocycles. The van der Waals surface area contributed by atoms with Crippen molar-refractivity contribution in [3.63, 3.8) is 0 Å². The van der Waals surface area contributed by atoms with Crippen LogP contribution in [0.1, 0.15) is 33.4 Å². The first-order valence-electron chi connectivity index (χ1n) is 20.4. The zero-order valence-corrected chi connectivity index (χ0v) is 35.0. The topological polar surface area (TPSA) is 102 Å². The Hall–Kier alpha value is -3.44. The van der Waals surface area contributed by atoms with Gasteiger partial charge in [-0.2, -0.15) is 0 Å². The van der Waals surface area contributed by atoms with Gasteiger partial charge in [-0.3, -0.25) is 0 Å². The highest BCUT2D eigenvalue weighted by Crippen LogP contribution is 2.55. The predicted octanol–water partition coefficient (Wildman–Crippen LogP) is 7.56. The van der Waals surface area contributed by atoms with Gasteiger partial charge < -0.3 is 52.1 Å². The van der Waals surface area contributed by atoms with Crippen molar-refractivity contribution in [3.05, 3.63) is 106 Å². The van der Waals surface area contributed by atoms with Crippen molar-refractivity contribution in [2.24, 2.45) is 0 Å². The van der Waals surface area contributed by atoms with E-state index in [2.05, 4.69) is 72.8 Å². The largest absolute Gasteiger partial charge is 0.491 e. The van der Waals surface area contributed by atoms with E-state index in [4.69, 9.17) is 52.1 Å². The van der Waals surface area contributed by atoms with Crippen LogP contribution in [0, 0.1) is 0 Å². The van der Waals surface area contributed by atoms with E-state index in [0.717, 1.165) is 65.8 Å². The molecular weight excluding hydrogens is 793 g/mol. The summed E-state index contributed by atoms with van der Waals surface area (Å²) in [6.45, 7) is 9.53. The summed E-state index contributed by atoms with van der Waals surface area (Å²) < 4.78 is 65.2. The van der Waals surface area contributed by atoms with Gasteiger partial charge in [0.1, 0.15) is 24.7 Å². The number of rotatable bonds is 0. The van der Waals surface area contributed by atoms with E-state index >= 15 is 0 Å². The van der Waals surface area contributed by atoms with Crippen molar-refractivity contribution < 1.29 is 52.1 Å². The number of hydrogen-bond donors (Lipinski definition) is 0. The van der Waals surface area contributed by atoms with Crippen LogP contribution in [0.15, 0.2) is 92.4 Å². The monoisotopic (exact) mass is 844 g/mol. The molecule has 0 atom stereocenters. The van der Waals surface area contributed by atoms with Crippen LogP contribution in [0.25, 0.3) is 11.1 Å². The Morgan fingerprint density at radius 2 is 0.576 bits per heavy atom. The van der Waals surface area contributed by atoms with Gasteiger partial charge in [0.05, 0.1) is 119 Å². The summed E-state index contributed by atoms with van der Waals surface area (Å²) in [6.07, 6.45) is 0. The maximum absolute atomic E-state index is 6.34. The number of benzene rings is 4. The van der Waals surface area contributed by atoms with Crippen LogP contribution in [0.4, 0.5) is 0 Å². The molecule has 0 amide bonds. The fourth-order valence-corrected chi connectivity index (χ4v) is 9.19. The van der Waals surface area contributed by atoms with Gasteiger partial charge in [0.15, 0.2) is 0 Å². The van der Waals surface area contributed by atoms with Crippen molar-refractivity contribution >= 4 is 34.7 Å². The van der Waals surface area contributed by atoms with Gasteiger partial charge in [0.2, 0.25) is 0 Å². The normalized spacial score (nSPS) is 20.9. The molecule has 59 heavy (non-hydrogen) atoms. The molecule has 4 aromatic carbocycles. The van der Waals surface area contributed by atoms with Gasteiger partial charge in [-0.05, 0) is 94.1 Å². The molecule has 0 saturated carbocycles. The summed E-state index contributed by atoms with van der Waals surface area (Å²) in [5.74, 6) is 1.56. The number of ether oxygens (including phenoxy) is 11. The highest BCUT2D eigenvalue weighted by molar-refractivity contribution is 8.00. The highest BCUT2D eigenvalue weighted by Gasteiger charge is 2.31. The maximum atomic E-state index is 6.34. The zero-order chi connectivity index (χ0) is 39.9. The molecule has 0 aliphatic carbocycles. The van der Waals surface area contributed by atoms with E-state index in [0.29, 0.717) is 132 Å². The second-order valence-electron chi connectivity index (χ2n) is 14.0. The molecule has 8 bridgehead atoms. The lowest BCUT2D eigenvalue weighted by atomic mass is 9.84. The zero-order valence-electron chi connectivity index (χ0n) is 33.4. The molecule has 0 N–H and O–H groups in total. The third kappa shape index (κ3) is 11.7. The summed E-state index contributed by atoms with van der Waals surface area (Å²) in [5, 5.41) is 0. The van der Waals surface area contributed by atoms with E-state index in [1.165, 1.54) is 9.79 Å². The van der Waals surface area contributed by atoms with E-state index in [9.17, 15) is 0 Å². The smallest absolute Gasteiger partial charge is 0.120 e. The Bertz CT molecular complexity index is 1880. The fourth-order valence-electron chi connectivity index (χ4n) is 7.09. The Morgan fingerprint density at radius 1 is 0.288 bits per heavy atom. The number of fused-ring (bicyclic) bond motifs is 4. The lowest BCUT2D eigenvalue weighted by Gasteiger charge is -2.30. The summed E-state index contributed by atoms with van der Waals surface area (Å²) in [5.41, 5.74) is 8.88. The van der Waals surface area contributed by atoms with Gasteiger partial charge >= 0.3 is 0 Å². The summed E-state index contributed by atoms with van der Waals surface area (Å²) >= 11 is 3.55. The Morgan fingerprint density at radius 3 is 0.932 bits per heavy atom. The predicted molar refractivity (Wildman–Crippen MR) is 225 cm³/mol. The minimum absolute atomic E-state index is 0.418. The quantitative estimate of drug-likeness (QED) is 0.151. The molecule has 0 radical (unpaired) electrons. The fraction of sp³-hybridized carbons (Fsp3) is 0.435. The molecule has 4 aromatic rings. The standard InChI is InChI=1S/C46H52O11S2/c1-5-41-37-27-33(1)31-54-21-19-50-13-11-47-9-10-48-12-14-51-20-22-55-32-34-2-6-42-38(28-34)46-40-30-36(4-8-44(40)59-42)57-26-24-53-18-16-49-15-17-52-23-25-56-35-3-7-43(58-41)39(29-35)45(37)46/h1-8,27-30H,9-26,31-32H2/b46-45-. The first-order chi connectivity index (χ1) is 29.3. The molecule has 11 nitrogen and oxygen atoms in total. The average molecular weight is 845 g/mol. The second kappa shape index (κ2) is 22.4. The summed E-state index contributed by atoms with van der Waals surface area (Å²) in [4.78, 5) is 4.65. The van der Waals surface area contributed by atoms with Crippen molar-refractivity contribution in [1.29, 1.82) is 0 Å². The molecule has 4 heterocycles.